The first-order valence-corrected chi connectivity index (χ1v) is 11.3. The van der Waals surface area contributed by atoms with E-state index in [0.29, 0.717) is 0 Å². The minimum absolute atomic E-state index is 0.865. The minimum atomic E-state index is 0.865. The Balaban J connectivity index is 1.60. The molecule has 0 radical (unpaired) electrons. The number of allylic oxidation sites excluding steroid dienone is 1. The lowest BCUT2D eigenvalue weighted by atomic mass is 10.1. The van der Waals surface area contributed by atoms with Crippen molar-refractivity contribution in [2.45, 2.75) is 13.8 Å². The first-order valence-electron chi connectivity index (χ1n) is 11.3. The van der Waals surface area contributed by atoms with E-state index in [-0.39, 0.29) is 0 Å². The van der Waals surface area contributed by atoms with Gasteiger partial charge in [0.05, 0.1) is 46.5 Å². The van der Waals surface area contributed by atoms with Crippen molar-refractivity contribution in [3.8, 4) is 11.4 Å². The molecule has 0 aromatic carbocycles. The lowest BCUT2D eigenvalue weighted by Crippen LogP contribution is -2.44. The molecule has 33 heavy (non-hydrogen) atoms. The molecule has 0 saturated carbocycles. The van der Waals surface area contributed by atoms with Gasteiger partial charge in [0.15, 0.2) is 0 Å². The lowest BCUT2D eigenvalue weighted by molar-refractivity contribution is 0.313. The number of fused-ring (bicyclic) bond motifs is 1. The lowest BCUT2D eigenvalue weighted by Gasteiger charge is -2.34. The van der Waals surface area contributed by atoms with Gasteiger partial charge in [0.2, 0.25) is 0 Å². The van der Waals surface area contributed by atoms with Crippen LogP contribution in [0.15, 0.2) is 31.2 Å². The summed E-state index contributed by atoms with van der Waals surface area (Å²) in [5, 5.41) is 11.0. The molecular weight excluding hydrogens is 412 g/mol. The summed E-state index contributed by atoms with van der Waals surface area (Å²) < 4.78 is 2.05. The fourth-order valence-electron chi connectivity index (χ4n) is 4.45. The summed E-state index contributed by atoms with van der Waals surface area (Å²) in [6, 6.07) is 2.19. The van der Waals surface area contributed by atoms with Crippen molar-refractivity contribution in [2.24, 2.45) is 7.05 Å². The van der Waals surface area contributed by atoms with Crippen molar-refractivity contribution in [3.63, 3.8) is 0 Å². The second-order valence-corrected chi connectivity index (χ2v) is 8.70. The number of rotatable bonds is 4. The number of likely N-dealkylation sites (N-methyl/N-ethyl adjacent to an activating group) is 1. The summed E-state index contributed by atoms with van der Waals surface area (Å²) in [6.07, 6.45) is 9.83. The number of H-pyrrole nitrogens is 2. The normalized spacial score (nSPS) is 16.3. The van der Waals surface area contributed by atoms with E-state index in [1.165, 1.54) is 11.1 Å². The van der Waals surface area contributed by atoms with Crippen LogP contribution in [0.2, 0.25) is 0 Å². The third-order valence-electron chi connectivity index (χ3n) is 6.61. The molecule has 5 heterocycles. The molecule has 0 atom stereocenters. The minimum Gasteiger partial charge on any atom is -0.367 e. The highest BCUT2D eigenvalue weighted by Gasteiger charge is 2.19. The van der Waals surface area contributed by atoms with E-state index in [9.17, 15) is 0 Å². The van der Waals surface area contributed by atoms with Gasteiger partial charge in [0.25, 0.3) is 0 Å². The summed E-state index contributed by atoms with van der Waals surface area (Å²) in [7, 11) is 4.17. The SMILES string of the molecule is C=C(/C=c1/c(-c2cc3c(N4CCN(C)CC4)cncc3[nH]2)n[nH]/c1=C/C)c1cnc(C)n1C. The maximum Gasteiger partial charge on any atom is 0.116 e. The van der Waals surface area contributed by atoms with E-state index >= 15 is 0 Å². The van der Waals surface area contributed by atoms with Crippen LogP contribution in [0.1, 0.15) is 18.4 Å². The third kappa shape index (κ3) is 3.76. The summed E-state index contributed by atoms with van der Waals surface area (Å²) in [5.41, 5.74) is 5.88. The summed E-state index contributed by atoms with van der Waals surface area (Å²) >= 11 is 0. The van der Waals surface area contributed by atoms with Gasteiger partial charge in [0, 0.05) is 43.8 Å². The van der Waals surface area contributed by atoms with Crippen LogP contribution in [0.4, 0.5) is 5.69 Å². The Morgan fingerprint density at radius 2 is 1.91 bits per heavy atom. The molecule has 0 spiro atoms. The number of anilines is 1. The highest BCUT2D eigenvalue weighted by Crippen LogP contribution is 2.29. The molecule has 1 saturated heterocycles. The highest BCUT2D eigenvalue weighted by molar-refractivity contribution is 5.95. The molecule has 4 aromatic heterocycles. The van der Waals surface area contributed by atoms with Crippen LogP contribution < -0.4 is 15.5 Å². The van der Waals surface area contributed by atoms with Crippen LogP contribution in [0.3, 0.4) is 0 Å². The Bertz CT molecular complexity index is 1440. The number of aryl methyl sites for hydroxylation is 1. The maximum absolute atomic E-state index is 4.66. The van der Waals surface area contributed by atoms with Crippen molar-refractivity contribution in [1.29, 1.82) is 0 Å². The van der Waals surface area contributed by atoms with Crippen molar-refractivity contribution in [2.75, 3.05) is 38.1 Å². The predicted molar refractivity (Wildman–Crippen MR) is 134 cm³/mol. The van der Waals surface area contributed by atoms with Crippen LogP contribution >= 0.6 is 0 Å². The smallest absolute Gasteiger partial charge is 0.116 e. The van der Waals surface area contributed by atoms with Crippen LogP contribution in [0.25, 0.3) is 40.0 Å². The molecule has 0 bridgehead atoms. The Kier molecular flexibility index (Phi) is 5.38. The van der Waals surface area contributed by atoms with Gasteiger partial charge in [0.1, 0.15) is 11.5 Å². The number of piperazine rings is 1. The zero-order valence-electron chi connectivity index (χ0n) is 19.7. The number of aromatic amines is 2. The Hall–Kier alpha value is -3.65. The standard InChI is InChI=1S/C25H30N8/c1-6-20-19(11-16(2)23-15-27-17(3)32(23)5)25(30-29-20)21-12-18-22(28-21)13-26-14-24(18)33-9-7-31(4)8-10-33/h6,11-15,28-29H,2,7-10H2,1,3-5H3/b19-11+,20-6+. The van der Waals surface area contributed by atoms with Gasteiger partial charge in [-0.2, -0.15) is 5.10 Å². The second kappa shape index (κ2) is 8.37. The van der Waals surface area contributed by atoms with E-state index < -0.39 is 0 Å². The van der Waals surface area contributed by atoms with Crippen molar-refractivity contribution in [1.82, 2.24) is 34.6 Å². The number of pyridine rings is 1. The largest absolute Gasteiger partial charge is 0.367 e. The fourth-order valence-corrected chi connectivity index (χ4v) is 4.45. The molecule has 2 N–H and O–H groups in total. The van der Waals surface area contributed by atoms with E-state index in [4.69, 9.17) is 0 Å². The Labute approximate surface area is 193 Å². The van der Waals surface area contributed by atoms with Crippen molar-refractivity contribution >= 4 is 34.3 Å². The summed E-state index contributed by atoms with van der Waals surface area (Å²) in [5.74, 6) is 0.953. The van der Waals surface area contributed by atoms with Crippen molar-refractivity contribution < 1.29 is 0 Å². The maximum atomic E-state index is 4.66. The van der Waals surface area contributed by atoms with Crippen molar-refractivity contribution in [3.05, 3.63) is 53.3 Å². The quantitative estimate of drug-likeness (QED) is 0.506. The number of aromatic nitrogens is 6. The van der Waals surface area contributed by atoms with Crippen LogP contribution in [0, 0.1) is 6.92 Å². The average molecular weight is 443 g/mol. The number of hydrogen-bond donors (Lipinski definition) is 2. The number of imidazole rings is 1. The van der Waals surface area contributed by atoms with Gasteiger partial charge >= 0.3 is 0 Å². The average Bonchev–Trinajstić information content (AvgIpc) is 3.51. The summed E-state index contributed by atoms with van der Waals surface area (Å²) in [4.78, 5) is 17.2. The first-order chi connectivity index (χ1) is 16.0. The number of nitrogens with zero attached hydrogens (tertiary/aromatic N) is 6. The van der Waals surface area contributed by atoms with Crippen LogP contribution in [-0.2, 0) is 7.05 Å². The Morgan fingerprint density at radius 3 is 2.61 bits per heavy atom. The van der Waals surface area contributed by atoms with Gasteiger partial charge in [-0.15, -0.1) is 0 Å². The van der Waals surface area contributed by atoms with Gasteiger partial charge in [-0.1, -0.05) is 12.7 Å². The zero-order valence-corrected chi connectivity index (χ0v) is 19.7. The number of nitrogens with one attached hydrogen (secondary N) is 2. The molecule has 1 fully saturated rings. The molecule has 4 aromatic rings. The van der Waals surface area contributed by atoms with Crippen LogP contribution in [-0.4, -0.2) is 67.8 Å². The zero-order chi connectivity index (χ0) is 23.1. The molecule has 8 nitrogen and oxygen atoms in total. The molecule has 1 aliphatic rings. The van der Waals surface area contributed by atoms with Gasteiger partial charge in [-0.3, -0.25) is 10.1 Å². The fraction of sp³-hybridized carbons (Fsp3) is 0.320. The molecule has 170 valence electrons. The third-order valence-corrected chi connectivity index (χ3v) is 6.61. The van der Waals surface area contributed by atoms with Gasteiger partial charge < -0.3 is 19.4 Å². The molecule has 8 heteroatoms. The first kappa shape index (κ1) is 21.2. The predicted octanol–water partition coefficient (Wildman–Crippen LogP) is 2.04. The molecule has 0 aliphatic carbocycles. The number of hydrogen-bond acceptors (Lipinski definition) is 5. The van der Waals surface area contributed by atoms with E-state index in [1.807, 2.05) is 50.1 Å². The highest BCUT2D eigenvalue weighted by atomic mass is 15.3. The molecule has 0 unspecified atom stereocenters. The summed E-state index contributed by atoms with van der Waals surface area (Å²) in [6.45, 7) is 12.4. The molecular formula is C25H30N8. The monoisotopic (exact) mass is 442 g/mol. The molecule has 5 rings (SSSR count). The Morgan fingerprint density at radius 1 is 1.12 bits per heavy atom. The van der Waals surface area contributed by atoms with E-state index in [2.05, 4.69) is 60.7 Å². The second-order valence-electron chi connectivity index (χ2n) is 8.70. The van der Waals surface area contributed by atoms with Crippen LogP contribution in [0.5, 0.6) is 0 Å². The van der Waals surface area contributed by atoms with Gasteiger partial charge in [-0.25, -0.2) is 4.98 Å². The molecule has 0 amide bonds. The van der Waals surface area contributed by atoms with E-state index in [0.717, 1.165) is 70.7 Å². The molecule has 1 aliphatic heterocycles. The topological polar surface area (TPSA) is 81.7 Å². The van der Waals surface area contributed by atoms with E-state index in [1.54, 1.807) is 0 Å². The van der Waals surface area contributed by atoms with Gasteiger partial charge in [-0.05, 0) is 38.6 Å².